The molecule has 0 saturated carbocycles. The van der Waals surface area contributed by atoms with Crippen molar-refractivity contribution in [2.45, 2.75) is 19.1 Å². The summed E-state index contributed by atoms with van der Waals surface area (Å²) in [6.07, 6.45) is -1.02. The quantitative estimate of drug-likeness (QED) is 0.576. The molecule has 3 atom stereocenters. The number of amides is 2. The van der Waals surface area contributed by atoms with E-state index in [1.807, 2.05) is 54.6 Å². The minimum Gasteiger partial charge on any atom is -0.497 e. The van der Waals surface area contributed by atoms with E-state index < -0.39 is 35.2 Å². The Kier molecular flexibility index (Phi) is 4.71. The molecule has 6 nitrogen and oxygen atoms in total. The van der Waals surface area contributed by atoms with Gasteiger partial charge in [-0.15, -0.1) is 0 Å². The third kappa shape index (κ3) is 2.89. The van der Waals surface area contributed by atoms with Crippen molar-refractivity contribution >= 4 is 23.2 Å². The monoisotopic (exact) mass is 432 g/mol. The van der Waals surface area contributed by atoms with Crippen molar-refractivity contribution in [3.05, 3.63) is 90.2 Å². The Hall–Kier alpha value is -3.71. The molecule has 3 aromatic carbocycles. The molecule has 0 spiro atoms. The van der Waals surface area contributed by atoms with Gasteiger partial charge in [0.2, 0.25) is 5.91 Å². The molecule has 0 radical (unpaired) electrons. The Morgan fingerprint density at radius 2 is 1.56 bits per heavy atom. The molecule has 2 aliphatic heterocycles. The second-order valence-electron chi connectivity index (χ2n) is 8.06. The summed E-state index contributed by atoms with van der Waals surface area (Å²) in [6.45, 7) is 1.75. The number of benzene rings is 3. The van der Waals surface area contributed by atoms with Gasteiger partial charge in [0.1, 0.15) is 17.0 Å². The predicted octanol–water partition coefficient (Wildman–Crippen LogP) is 4.28. The van der Waals surface area contributed by atoms with Gasteiger partial charge < -0.3 is 4.74 Å². The lowest BCUT2D eigenvalue weighted by Gasteiger charge is -2.32. The number of hydroxylamine groups is 1. The number of fused-ring (bicyclic) bond motifs is 1. The smallest absolute Gasteiger partial charge is 0.266 e. The minimum atomic E-state index is -1.20. The highest BCUT2D eigenvalue weighted by molar-refractivity contribution is 6.25. The molecular weight excluding hydrogens is 411 g/mol. The summed E-state index contributed by atoms with van der Waals surface area (Å²) in [6, 6.07) is 21.5. The summed E-state index contributed by atoms with van der Waals surface area (Å²) < 4.78 is 18.7. The van der Waals surface area contributed by atoms with E-state index in [2.05, 4.69) is 0 Å². The number of ether oxygens (including phenoxy) is 1. The Labute approximate surface area is 184 Å². The van der Waals surface area contributed by atoms with Crippen molar-refractivity contribution in [2.75, 3.05) is 17.1 Å². The number of carbonyl (C=O) groups excluding carboxylic acids is 2. The molecule has 2 heterocycles. The van der Waals surface area contributed by atoms with E-state index in [4.69, 9.17) is 9.57 Å². The number of imide groups is 1. The molecule has 0 aliphatic carbocycles. The normalized spacial score (nSPS) is 24.7. The second-order valence-corrected chi connectivity index (χ2v) is 8.06. The maximum Gasteiger partial charge on any atom is 0.266 e. The SMILES string of the molecule is COc1ccc(C2N(c3ccccc3)OC3C(=O)N(c4ccc(F)cc4)C(=O)C32C)cc1. The molecule has 32 heavy (non-hydrogen) atoms. The van der Waals surface area contributed by atoms with Crippen LogP contribution in [-0.2, 0) is 14.4 Å². The fourth-order valence-corrected chi connectivity index (χ4v) is 4.55. The van der Waals surface area contributed by atoms with Gasteiger partial charge in [0, 0.05) is 0 Å². The fourth-order valence-electron chi connectivity index (χ4n) is 4.55. The van der Waals surface area contributed by atoms with Crippen LogP contribution in [0.2, 0.25) is 0 Å². The van der Waals surface area contributed by atoms with Crippen LogP contribution in [0.15, 0.2) is 78.9 Å². The van der Waals surface area contributed by atoms with Crippen molar-refractivity contribution in [1.82, 2.24) is 0 Å². The molecule has 0 bridgehead atoms. The van der Waals surface area contributed by atoms with Crippen molar-refractivity contribution < 1.29 is 23.6 Å². The average molecular weight is 432 g/mol. The third-order valence-electron chi connectivity index (χ3n) is 6.20. The first-order valence-corrected chi connectivity index (χ1v) is 10.2. The predicted molar refractivity (Wildman–Crippen MR) is 117 cm³/mol. The molecule has 162 valence electrons. The lowest BCUT2D eigenvalue weighted by Crippen LogP contribution is -2.41. The van der Waals surface area contributed by atoms with Gasteiger partial charge in [0.15, 0.2) is 6.10 Å². The van der Waals surface area contributed by atoms with Gasteiger partial charge in [-0.1, -0.05) is 30.3 Å². The van der Waals surface area contributed by atoms with Crippen LogP contribution in [0.25, 0.3) is 0 Å². The summed E-state index contributed by atoms with van der Waals surface area (Å²) in [5.74, 6) is -0.622. The molecule has 2 fully saturated rings. The number of hydrogen-bond donors (Lipinski definition) is 0. The van der Waals surface area contributed by atoms with E-state index in [1.54, 1.807) is 19.1 Å². The van der Waals surface area contributed by atoms with Crippen LogP contribution in [0.5, 0.6) is 5.75 Å². The van der Waals surface area contributed by atoms with Gasteiger partial charge in [0.05, 0.1) is 24.5 Å². The Bertz CT molecular complexity index is 1170. The number of para-hydroxylation sites is 1. The highest BCUT2D eigenvalue weighted by Crippen LogP contribution is 2.55. The first-order chi connectivity index (χ1) is 15.4. The van der Waals surface area contributed by atoms with Crippen molar-refractivity contribution in [2.24, 2.45) is 5.41 Å². The largest absolute Gasteiger partial charge is 0.497 e. The summed E-state index contributed by atoms with van der Waals surface area (Å²) in [5.41, 5.74) is 0.663. The highest BCUT2D eigenvalue weighted by atomic mass is 19.1. The van der Waals surface area contributed by atoms with Gasteiger partial charge in [0.25, 0.3) is 5.91 Å². The molecular formula is C25H21FN2O4. The number of nitrogens with zero attached hydrogens (tertiary/aromatic N) is 2. The van der Waals surface area contributed by atoms with Crippen LogP contribution in [-0.4, -0.2) is 25.0 Å². The maximum atomic E-state index is 13.8. The Morgan fingerprint density at radius 3 is 2.19 bits per heavy atom. The lowest BCUT2D eigenvalue weighted by molar-refractivity contribution is -0.128. The number of halogens is 1. The summed E-state index contributed by atoms with van der Waals surface area (Å²) >= 11 is 0. The average Bonchev–Trinajstić information content (AvgIpc) is 3.23. The minimum absolute atomic E-state index is 0.320. The zero-order chi connectivity index (χ0) is 22.5. The molecule has 3 unspecified atom stereocenters. The zero-order valence-electron chi connectivity index (χ0n) is 17.6. The van der Waals surface area contributed by atoms with E-state index in [0.29, 0.717) is 11.4 Å². The number of rotatable bonds is 4. The van der Waals surface area contributed by atoms with Crippen LogP contribution in [0, 0.1) is 11.2 Å². The Balaban J connectivity index is 1.62. The highest BCUT2D eigenvalue weighted by Gasteiger charge is 2.68. The molecule has 2 amide bonds. The summed E-state index contributed by atoms with van der Waals surface area (Å²) in [4.78, 5) is 34.4. The van der Waals surface area contributed by atoms with Crippen molar-refractivity contribution in [3.63, 3.8) is 0 Å². The van der Waals surface area contributed by atoms with E-state index in [-0.39, 0.29) is 0 Å². The molecule has 7 heteroatoms. The third-order valence-corrected chi connectivity index (χ3v) is 6.20. The van der Waals surface area contributed by atoms with Crippen molar-refractivity contribution in [1.29, 1.82) is 0 Å². The number of hydrogen-bond acceptors (Lipinski definition) is 5. The second kappa shape index (κ2) is 7.46. The van der Waals surface area contributed by atoms with E-state index >= 15 is 0 Å². The molecule has 2 aliphatic rings. The summed E-state index contributed by atoms with van der Waals surface area (Å²) in [7, 11) is 1.58. The van der Waals surface area contributed by atoms with Crippen LogP contribution >= 0.6 is 0 Å². The van der Waals surface area contributed by atoms with E-state index in [0.717, 1.165) is 16.2 Å². The van der Waals surface area contributed by atoms with Crippen LogP contribution in [0.1, 0.15) is 18.5 Å². The molecule has 0 N–H and O–H groups in total. The van der Waals surface area contributed by atoms with Crippen molar-refractivity contribution in [3.8, 4) is 5.75 Å². The zero-order valence-corrected chi connectivity index (χ0v) is 17.6. The standard InChI is InChI=1S/C25H21FN2O4/c1-25-21(16-8-14-20(31-2)15-9-16)28(19-6-4-3-5-7-19)32-22(25)23(29)27(24(25)30)18-12-10-17(26)11-13-18/h3-15,21-22H,1-2H3. The molecule has 3 aromatic rings. The first kappa shape index (κ1) is 20.2. The molecule has 0 aromatic heterocycles. The molecule has 5 rings (SSSR count). The van der Waals surface area contributed by atoms with E-state index in [1.165, 1.54) is 24.3 Å². The summed E-state index contributed by atoms with van der Waals surface area (Å²) in [5, 5.41) is 1.64. The maximum absolute atomic E-state index is 13.8. The first-order valence-electron chi connectivity index (χ1n) is 10.2. The van der Waals surface area contributed by atoms with Gasteiger partial charge in [-0.25, -0.2) is 14.4 Å². The van der Waals surface area contributed by atoms with Crippen LogP contribution in [0.4, 0.5) is 15.8 Å². The van der Waals surface area contributed by atoms with Gasteiger partial charge in [-0.3, -0.25) is 14.4 Å². The van der Waals surface area contributed by atoms with Crippen LogP contribution in [0.3, 0.4) is 0 Å². The number of anilines is 2. The number of carbonyl (C=O) groups is 2. The fraction of sp³-hybridized carbons (Fsp3) is 0.200. The van der Waals surface area contributed by atoms with E-state index in [9.17, 15) is 14.0 Å². The Morgan fingerprint density at radius 1 is 0.906 bits per heavy atom. The molecule has 2 saturated heterocycles. The van der Waals surface area contributed by atoms with Crippen LogP contribution < -0.4 is 14.7 Å². The lowest BCUT2D eigenvalue weighted by atomic mass is 9.76. The van der Waals surface area contributed by atoms with Gasteiger partial charge >= 0.3 is 0 Å². The van der Waals surface area contributed by atoms with Gasteiger partial charge in [-0.05, 0) is 61.0 Å². The number of methoxy groups -OCH3 is 1. The van der Waals surface area contributed by atoms with Gasteiger partial charge in [-0.2, -0.15) is 0 Å². The topological polar surface area (TPSA) is 59.1 Å².